The van der Waals surface area contributed by atoms with Gasteiger partial charge in [-0.2, -0.15) is 0 Å². The minimum atomic E-state index is -0.682. The third-order valence-corrected chi connectivity index (χ3v) is 3.23. The molecule has 2 heterocycles. The molecule has 22 heavy (non-hydrogen) atoms. The second-order valence-corrected chi connectivity index (χ2v) is 4.69. The number of allylic oxidation sites excluding steroid dienone is 2. The third-order valence-electron chi connectivity index (χ3n) is 3.23. The van der Waals surface area contributed by atoms with Crippen LogP contribution in [0.1, 0.15) is 5.82 Å². The lowest BCUT2D eigenvalue weighted by Crippen LogP contribution is -2.54. The Balaban J connectivity index is 2.72. The van der Waals surface area contributed by atoms with Crippen molar-refractivity contribution in [2.45, 2.75) is 19.6 Å². The summed E-state index contributed by atoms with van der Waals surface area (Å²) in [6, 6.07) is 0. The molecule has 8 heteroatoms. The van der Waals surface area contributed by atoms with E-state index in [-0.39, 0.29) is 19.6 Å². The molecule has 0 bridgehead atoms. The minimum Gasteiger partial charge on any atom is -0.337 e. The van der Waals surface area contributed by atoms with Crippen molar-refractivity contribution in [3.05, 3.63) is 75.0 Å². The van der Waals surface area contributed by atoms with E-state index >= 15 is 0 Å². The highest BCUT2D eigenvalue weighted by atomic mass is 16.2. The molecule has 0 aromatic carbocycles. The molecule has 0 radical (unpaired) electrons. The molecule has 116 valence electrons. The molecule has 0 aliphatic carbocycles. The number of hydrogen-bond donors (Lipinski definition) is 0. The fourth-order valence-electron chi connectivity index (χ4n) is 2.08. The lowest BCUT2D eigenvalue weighted by molar-refractivity contribution is 0.489. The van der Waals surface area contributed by atoms with E-state index in [0.717, 1.165) is 13.7 Å². The fraction of sp³-hybridized carbons (Fsp3) is 0.286. The summed E-state index contributed by atoms with van der Waals surface area (Å²) in [7, 11) is 1.76. The summed E-state index contributed by atoms with van der Waals surface area (Å²) in [4.78, 5) is 41.1. The van der Waals surface area contributed by atoms with Gasteiger partial charge in [0.15, 0.2) is 0 Å². The van der Waals surface area contributed by atoms with Gasteiger partial charge in [-0.25, -0.2) is 33.1 Å². The topological polar surface area (TPSA) is 83.8 Å². The molecule has 2 aromatic rings. The van der Waals surface area contributed by atoms with Crippen LogP contribution in [0.5, 0.6) is 0 Å². The van der Waals surface area contributed by atoms with Crippen LogP contribution in [0, 0.1) is 0 Å². The lowest BCUT2D eigenvalue weighted by Gasteiger charge is -2.12. The Morgan fingerprint density at radius 3 is 1.91 bits per heavy atom. The Kier molecular flexibility index (Phi) is 4.40. The Morgan fingerprint density at radius 2 is 1.50 bits per heavy atom. The quantitative estimate of drug-likeness (QED) is 0.662. The summed E-state index contributed by atoms with van der Waals surface area (Å²) in [6.07, 6.45) is 6.14. The van der Waals surface area contributed by atoms with Gasteiger partial charge in [0.25, 0.3) is 0 Å². The van der Waals surface area contributed by atoms with Crippen LogP contribution in [0.2, 0.25) is 0 Å². The number of aromatic nitrogens is 5. The number of hydrogen-bond acceptors (Lipinski definition) is 4. The second kappa shape index (κ2) is 6.25. The maximum absolute atomic E-state index is 12.4. The average Bonchev–Trinajstić information content (AvgIpc) is 2.89. The van der Waals surface area contributed by atoms with Crippen molar-refractivity contribution >= 4 is 0 Å². The summed E-state index contributed by atoms with van der Waals surface area (Å²) < 4.78 is 4.60. The molecule has 0 amide bonds. The maximum atomic E-state index is 12.4. The van der Waals surface area contributed by atoms with Gasteiger partial charge in [-0.05, 0) is 0 Å². The number of rotatable bonds is 6. The van der Waals surface area contributed by atoms with Crippen LogP contribution in [0.25, 0.3) is 0 Å². The van der Waals surface area contributed by atoms with E-state index in [1.54, 1.807) is 24.0 Å². The molecular weight excluding hydrogens is 286 g/mol. The van der Waals surface area contributed by atoms with Crippen LogP contribution in [0.15, 0.2) is 52.1 Å². The molecule has 2 aromatic heterocycles. The molecule has 2 rings (SSSR count). The van der Waals surface area contributed by atoms with Crippen LogP contribution in [0.4, 0.5) is 0 Å². The molecule has 0 saturated heterocycles. The summed E-state index contributed by atoms with van der Waals surface area (Å²) in [5.41, 5.74) is -2.04. The first kappa shape index (κ1) is 15.5. The molecule has 0 saturated carbocycles. The van der Waals surface area contributed by atoms with Crippen molar-refractivity contribution in [1.82, 2.24) is 23.3 Å². The molecule has 8 nitrogen and oxygen atoms in total. The first-order valence-corrected chi connectivity index (χ1v) is 6.63. The zero-order chi connectivity index (χ0) is 16.3. The van der Waals surface area contributed by atoms with Crippen LogP contribution < -0.4 is 17.1 Å². The van der Waals surface area contributed by atoms with E-state index in [2.05, 4.69) is 18.1 Å². The van der Waals surface area contributed by atoms with Gasteiger partial charge >= 0.3 is 17.1 Å². The first-order chi connectivity index (χ1) is 10.5. The van der Waals surface area contributed by atoms with Crippen LogP contribution in [-0.2, 0) is 26.7 Å². The van der Waals surface area contributed by atoms with E-state index in [0.29, 0.717) is 5.82 Å². The third kappa shape index (κ3) is 2.62. The normalized spacial score (nSPS) is 10.6. The van der Waals surface area contributed by atoms with Gasteiger partial charge in [0, 0.05) is 19.4 Å². The van der Waals surface area contributed by atoms with E-state index in [4.69, 9.17) is 0 Å². The van der Waals surface area contributed by atoms with Gasteiger partial charge < -0.3 is 4.57 Å². The highest BCUT2D eigenvalue weighted by Gasteiger charge is 2.15. The predicted octanol–water partition coefficient (Wildman–Crippen LogP) is -0.674. The van der Waals surface area contributed by atoms with Crippen molar-refractivity contribution in [3.63, 3.8) is 0 Å². The van der Waals surface area contributed by atoms with E-state index in [1.807, 2.05) is 0 Å². The van der Waals surface area contributed by atoms with Gasteiger partial charge in [-0.3, -0.25) is 0 Å². The average molecular weight is 303 g/mol. The standard InChI is InChI=1S/C14H17N5O3/c1-4-7-17-12(20)18(8-5-2)14(22)19(13(17)21)10-11-15-6-9-16(11)3/h4-6,9H,1-2,7-8,10H2,3H3. The van der Waals surface area contributed by atoms with Gasteiger partial charge in [-0.15, -0.1) is 13.2 Å². The SMILES string of the molecule is C=CCn1c(=O)n(CC=C)c(=O)n(Cc2nccn2C)c1=O. The molecule has 0 spiro atoms. The number of nitrogens with zero attached hydrogens (tertiary/aromatic N) is 5. The van der Waals surface area contributed by atoms with Crippen molar-refractivity contribution in [2.75, 3.05) is 0 Å². The molecule has 0 N–H and O–H groups in total. The Bertz CT molecular complexity index is 833. The van der Waals surface area contributed by atoms with Crippen LogP contribution in [0.3, 0.4) is 0 Å². The highest BCUT2D eigenvalue weighted by Crippen LogP contribution is 1.94. The van der Waals surface area contributed by atoms with E-state index < -0.39 is 17.1 Å². The van der Waals surface area contributed by atoms with Gasteiger partial charge in [0.1, 0.15) is 5.82 Å². The monoisotopic (exact) mass is 303 g/mol. The zero-order valence-corrected chi connectivity index (χ0v) is 12.3. The summed E-state index contributed by atoms with van der Waals surface area (Å²) in [5.74, 6) is 0.535. The number of aryl methyl sites for hydroxylation is 1. The zero-order valence-electron chi connectivity index (χ0n) is 12.3. The summed E-state index contributed by atoms with van der Waals surface area (Å²) >= 11 is 0. The maximum Gasteiger partial charge on any atom is 0.337 e. The smallest absolute Gasteiger partial charge is 0.337 e. The predicted molar refractivity (Wildman–Crippen MR) is 81.9 cm³/mol. The molecule has 0 atom stereocenters. The summed E-state index contributed by atoms with van der Waals surface area (Å²) in [6.45, 7) is 7.08. The summed E-state index contributed by atoms with van der Waals surface area (Å²) in [5, 5.41) is 0. The number of imidazole rings is 1. The molecule has 0 aliphatic heterocycles. The molecule has 0 unspecified atom stereocenters. The Morgan fingerprint density at radius 1 is 1.00 bits per heavy atom. The highest BCUT2D eigenvalue weighted by molar-refractivity contribution is 4.94. The fourth-order valence-corrected chi connectivity index (χ4v) is 2.08. The largest absolute Gasteiger partial charge is 0.337 e. The van der Waals surface area contributed by atoms with Gasteiger partial charge in [-0.1, -0.05) is 12.2 Å². The second-order valence-electron chi connectivity index (χ2n) is 4.69. The van der Waals surface area contributed by atoms with Crippen molar-refractivity contribution < 1.29 is 0 Å². The lowest BCUT2D eigenvalue weighted by atomic mass is 10.5. The van der Waals surface area contributed by atoms with Crippen molar-refractivity contribution in [1.29, 1.82) is 0 Å². The Labute approximate surface area is 125 Å². The van der Waals surface area contributed by atoms with E-state index in [1.165, 1.54) is 12.2 Å². The molecular formula is C14H17N5O3. The van der Waals surface area contributed by atoms with Crippen molar-refractivity contribution in [3.8, 4) is 0 Å². The van der Waals surface area contributed by atoms with E-state index in [9.17, 15) is 14.4 Å². The van der Waals surface area contributed by atoms with Crippen molar-refractivity contribution in [2.24, 2.45) is 7.05 Å². The van der Waals surface area contributed by atoms with Crippen LogP contribution in [-0.4, -0.2) is 23.3 Å². The van der Waals surface area contributed by atoms with Crippen LogP contribution >= 0.6 is 0 Å². The first-order valence-electron chi connectivity index (χ1n) is 6.63. The molecule has 0 fully saturated rings. The van der Waals surface area contributed by atoms with Gasteiger partial charge in [0.05, 0.1) is 19.6 Å². The van der Waals surface area contributed by atoms with Gasteiger partial charge in [0.2, 0.25) is 0 Å². The Hall–Kier alpha value is -2.90. The molecule has 0 aliphatic rings. The minimum absolute atomic E-state index is 0.0181.